The number of allylic oxidation sites excluding steroid dienone is 5. The number of aliphatic hydroxyl groups excluding tert-OH is 1. The molecule has 1 rings (SSSR count). The molecule has 0 aliphatic carbocycles. The number of esters is 1. The van der Waals surface area contributed by atoms with Gasteiger partial charge in [0.15, 0.2) is 5.78 Å². The summed E-state index contributed by atoms with van der Waals surface area (Å²) in [5, 5.41) is 21.8. The first kappa shape index (κ1) is 25.2. The van der Waals surface area contributed by atoms with Crippen LogP contribution < -0.4 is 0 Å². The normalized spacial score (nSPS) is 25.0. The minimum absolute atomic E-state index is 0.132. The fourth-order valence-corrected chi connectivity index (χ4v) is 3.32. The predicted octanol–water partition coefficient (Wildman–Crippen LogP) is 5.20. The highest BCUT2D eigenvalue weighted by Crippen LogP contribution is 2.46. The predicted molar refractivity (Wildman–Crippen MR) is 115 cm³/mol. The van der Waals surface area contributed by atoms with Crippen molar-refractivity contribution in [1.29, 1.82) is 0 Å². The molecule has 5 nitrogen and oxygen atoms in total. The molecule has 164 valence electrons. The molecule has 2 N–H and O–H groups in total. The summed E-state index contributed by atoms with van der Waals surface area (Å²) in [6, 6.07) is 0. The van der Waals surface area contributed by atoms with Crippen molar-refractivity contribution in [3.63, 3.8) is 0 Å². The standard InChI is InChI=1S/C24H38O5/c1-8-18(6)19(25)14-20(26)24(13-11-17(4)5)15-21(29-22(24)27)23(7,28)12-9-10-16(2)3/h10-11,14,18,21,26,28H,8-9,12-13,15H2,1-7H3/t18-,21+,23+,24-/m1/s1. The number of cyclic esters (lactones) is 1. The topological polar surface area (TPSA) is 83.8 Å². The maximum atomic E-state index is 12.9. The van der Waals surface area contributed by atoms with Crippen LogP contribution in [0.15, 0.2) is 35.1 Å². The molecule has 1 aliphatic heterocycles. The molecule has 0 aromatic carbocycles. The number of hydrogen-bond donors (Lipinski definition) is 2. The van der Waals surface area contributed by atoms with Crippen molar-refractivity contribution < 1.29 is 24.5 Å². The van der Waals surface area contributed by atoms with E-state index < -0.39 is 23.1 Å². The van der Waals surface area contributed by atoms with Gasteiger partial charge >= 0.3 is 5.97 Å². The van der Waals surface area contributed by atoms with Gasteiger partial charge < -0.3 is 14.9 Å². The number of carbonyl (C=O) groups is 2. The molecule has 0 spiro atoms. The summed E-state index contributed by atoms with van der Waals surface area (Å²) in [7, 11) is 0. The van der Waals surface area contributed by atoms with E-state index in [0.29, 0.717) is 19.3 Å². The van der Waals surface area contributed by atoms with Gasteiger partial charge in [-0.2, -0.15) is 0 Å². The number of ketones is 1. The lowest BCUT2D eigenvalue weighted by atomic mass is 9.75. The van der Waals surface area contributed by atoms with Crippen molar-refractivity contribution in [2.24, 2.45) is 11.3 Å². The Morgan fingerprint density at radius 3 is 2.38 bits per heavy atom. The number of carbonyl (C=O) groups excluding carboxylic acids is 2. The molecule has 0 radical (unpaired) electrons. The Labute approximate surface area is 175 Å². The first-order valence-electron chi connectivity index (χ1n) is 10.5. The molecule has 0 aromatic rings. The average Bonchev–Trinajstić information content (AvgIpc) is 2.97. The molecule has 0 amide bonds. The SMILES string of the molecule is CC[C@@H](C)C(=O)C=C(O)[C@@]1(CC=C(C)C)C[C@@H]([C@@](C)(O)CCC=C(C)C)OC1=O. The van der Waals surface area contributed by atoms with Crippen LogP contribution in [0.2, 0.25) is 0 Å². The Bertz CT molecular complexity index is 690. The highest BCUT2D eigenvalue weighted by Gasteiger charge is 2.56. The molecule has 4 atom stereocenters. The molecule has 5 heteroatoms. The van der Waals surface area contributed by atoms with Gasteiger partial charge in [0.25, 0.3) is 0 Å². The Balaban J connectivity index is 3.22. The maximum Gasteiger partial charge on any atom is 0.320 e. The number of ether oxygens (including phenoxy) is 1. The summed E-state index contributed by atoms with van der Waals surface area (Å²) < 4.78 is 5.57. The summed E-state index contributed by atoms with van der Waals surface area (Å²) in [6.07, 6.45) is 6.43. The van der Waals surface area contributed by atoms with Gasteiger partial charge in [0.2, 0.25) is 0 Å². The third-order valence-corrected chi connectivity index (χ3v) is 5.80. The maximum absolute atomic E-state index is 12.9. The molecular formula is C24H38O5. The number of hydrogen-bond acceptors (Lipinski definition) is 5. The van der Waals surface area contributed by atoms with E-state index in [2.05, 4.69) is 0 Å². The van der Waals surface area contributed by atoms with Crippen LogP contribution >= 0.6 is 0 Å². The monoisotopic (exact) mass is 406 g/mol. The van der Waals surface area contributed by atoms with E-state index in [0.717, 1.165) is 11.1 Å². The lowest BCUT2D eigenvalue weighted by Crippen LogP contribution is -2.39. The molecule has 1 saturated heterocycles. The zero-order chi connectivity index (χ0) is 22.4. The second kappa shape index (κ2) is 10.2. The largest absolute Gasteiger partial charge is 0.511 e. The zero-order valence-electron chi connectivity index (χ0n) is 19.0. The van der Waals surface area contributed by atoms with Gasteiger partial charge in [0.1, 0.15) is 17.3 Å². The Morgan fingerprint density at radius 2 is 1.86 bits per heavy atom. The Kier molecular flexibility index (Phi) is 8.88. The summed E-state index contributed by atoms with van der Waals surface area (Å²) in [5.41, 5.74) is -0.413. The van der Waals surface area contributed by atoms with E-state index in [1.165, 1.54) is 6.08 Å². The summed E-state index contributed by atoms with van der Waals surface area (Å²) >= 11 is 0. The van der Waals surface area contributed by atoms with Crippen molar-refractivity contribution in [3.8, 4) is 0 Å². The van der Waals surface area contributed by atoms with Crippen molar-refractivity contribution in [1.82, 2.24) is 0 Å². The fourth-order valence-electron chi connectivity index (χ4n) is 3.32. The summed E-state index contributed by atoms with van der Waals surface area (Å²) in [5.74, 6) is -1.31. The van der Waals surface area contributed by atoms with Gasteiger partial charge in [-0.1, -0.05) is 37.1 Å². The minimum Gasteiger partial charge on any atom is -0.511 e. The highest BCUT2D eigenvalue weighted by molar-refractivity contribution is 5.93. The van der Waals surface area contributed by atoms with Crippen molar-refractivity contribution in [2.75, 3.05) is 0 Å². The molecule has 29 heavy (non-hydrogen) atoms. The summed E-state index contributed by atoms with van der Waals surface area (Å²) in [6.45, 7) is 13.1. The van der Waals surface area contributed by atoms with Crippen LogP contribution in [-0.4, -0.2) is 33.7 Å². The van der Waals surface area contributed by atoms with Gasteiger partial charge in [0.05, 0.1) is 5.60 Å². The first-order valence-corrected chi connectivity index (χ1v) is 10.5. The Morgan fingerprint density at radius 1 is 1.28 bits per heavy atom. The first-order chi connectivity index (χ1) is 13.4. The van der Waals surface area contributed by atoms with Gasteiger partial charge in [-0.3, -0.25) is 9.59 Å². The molecule has 0 saturated carbocycles. The van der Waals surface area contributed by atoms with Gasteiger partial charge in [-0.05, 0) is 60.3 Å². The molecule has 0 aromatic heterocycles. The average molecular weight is 407 g/mol. The molecule has 1 heterocycles. The van der Waals surface area contributed by atoms with Crippen LogP contribution in [-0.2, 0) is 14.3 Å². The third-order valence-electron chi connectivity index (χ3n) is 5.80. The molecular weight excluding hydrogens is 368 g/mol. The van der Waals surface area contributed by atoms with Crippen molar-refractivity contribution in [3.05, 3.63) is 35.1 Å². The molecule has 0 bridgehead atoms. The number of rotatable bonds is 10. The molecule has 1 aliphatic rings. The third kappa shape index (κ3) is 6.56. The Hall–Kier alpha value is -1.88. The van der Waals surface area contributed by atoms with Gasteiger partial charge in [-0.25, -0.2) is 0 Å². The van der Waals surface area contributed by atoms with Gasteiger partial charge in [0, 0.05) is 18.4 Å². The molecule has 1 fully saturated rings. The number of aliphatic hydroxyl groups is 2. The quantitative estimate of drug-likeness (QED) is 0.225. The lowest BCUT2D eigenvalue weighted by Gasteiger charge is -2.29. The van der Waals surface area contributed by atoms with E-state index in [4.69, 9.17) is 4.74 Å². The zero-order valence-corrected chi connectivity index (χ0v) is 19.0. The van der Waals surface area contributed by atoms with E-state index in [1.54, 1.807) is 13.8 Å². The second-order valence-electron chi connectivity index (χ2n) is 9.08. The highest BCUT2D eigenvalue weighted by atomic mass is 16.6. The van der Waals surface area contributed by atoms with Crippen LogP contribution in [0, 0.1) is 11.3 Å². The van der Waals surface area contributed by atoms with Crippen molar-refractivity contribution in [2.45, 2.75) is 92.3 Å². The van der Waals surface area contributed by atoms with E-state index in [9.17, 15) is 19.8 Å². The van der Waals surface area contributed by atoms with Crippen LogP contribution in [0.3, 0.4) is 0 Å². The fraction of sp³-hybridized carbons (Fsp3) is 0.667. The van der Waals surface area contributed by atoms with Crippen LogP contribution in [0.5, 0.6) is 0 Å². The van der Waals surface area contributed by atoms with Crippen LogP contribution in [0.25, 0.3) is 0 Å². The molecule has 0 unspecified atom stereocenters. The van der Waals surface area contributed by atoms with E-state index in [-0.39, 0.29) is 30.3 Å². The van der Waals surface area contributed by atoms with Crippen LogP contribution in [0.4, 0.5) is 0 Å². The minimum atomic E-state index is -1.34. The lowest BCUT2D eigenvalue weighted by molar-refractivity contribution is -0.156. The van der Waals surface area contributed by atoms with Crippen LogP contribution in [0.1, 0.15) is 80.6 Å². The summed E-state index contributed by atoms with van der Waals surface area (Å²) in [4.78, 5) is 25.3. The van der Waals surface area contributed by atoms with Crippen molar-refractivity contribution >= 4 is 11.8 Å². The van der Waals surface area contributed by atoms with E-state index in [1.807, 2.05) is 46.8 Å². The second-order valence-corrected chi connectivity index (χ2v) is 9.08. The van der Waals surface area contributed by atoms with E-state index >= 15 is 0 Å². The van der Waals surface area contributed by atoms with Gasteiger partial charge in [-0.15, -0.1) is 0 Å². The smallest absolute Gasteiger partial charge is 0.320 e.